The Bertz CT molecular complexity index is 835. The Balaban J connectivity index is 1.66. The summed E-state index contributed by atoms with van der Waals surface area (Å²) in [6.07, 6.45) is -3.68. The van der Waals surface area contributed by atoms with Crippen molar-refractivity contribution in [3.8, 4) is 0 Å². The monoisotopic (exact) mass is 390 g/mol. The van der Waals surface area contributed by atoms with Crippen LogP contribution in [0.5, 0.6) is 0 Å². The fourth-order valence-electron chi connectivity index (χ4n) is 3.28. The van der Waals surface area contributed by atoms with Crippen LogP contribution in [0.3, 0.4) is 0 Å². The molecule has 0 spiro atoms. The van der Waals surface area contributed by atoms with Crippen molar-refractivity contribution in [3.63, 3.8) is 0 Å². The van der Waals surface area contributed by atoms with Gasteiger partial charge in [-0.3, -0.25) is 9.59 Å². The minimum absolute atomic E-state index is 0.0984. The maximum absolute atomic E-state index is 12.7. The van der Waals surface area contributed by atoms with Crippen LogP contribution in [0.4, 0.5) is 13.2 Å². The minimum Gasteiger partial charge on any atom is -0.359 e. The molecule has 2 aromatic carbocycles. The van der Waals surface area contributed by atoms with E-state index >= 15 is 0 Å². The van der Waals surface area contributed by atoms with Gasteiger partial charge in [-0.25, -0.2) is 0 Å². The van der Waals surface area contributed by atoms with Crippen LogP contribution >= 0.6 is 0 Å². The number of halogens is 3. The molecule has 0 saturated heterocycles. The summed E-state index contributed by atoms with van der Waals surface area (Å²) < 4.78 is 38.0. The molecule has 28 heavy (non-hydrogen) atoms. The Kier molecular flexibility index (Phi) is 5.72. The van der Waals surface area contributed by atoms with Crippen LogP contribution < -0.4 is 10.6 Å². The van der Waals surface area contributed by atoms with Crippen molar-refractivity contribution in [2.45, 2.75) is 31.0 Å². The summed E-state index contributed by atoms with van der Waals surface area (Å²) in [5.41, 5.74) is 0.842. The first-order valence-corrected chi connectivity index (χ1v) is 9.02. The van der Waals surface area contributed by atoms with Gasteiger partial charge in [0.25, 0.3) is 0 Å². The van der Waals surface area contributed by atoms with Gasteiger partial charge in [0.05, 0.1) is 18.0 Å². The van der Waals surface area contributed by atoms with E-state index in [1.165, 1.54) is 19.2 Å². The van der Waals surface area contributed by atoms with Crippen LogP contribution in [0.2, 0.25) is 0 Å². The lowest BCUT2D eigenvalue weighted by Crippen LogP contribution is -2.33. The Labute approximate surface area is 161 Å². The quantitative estimate of drug-likeness (QED) is 0.788. The van der Waals surface area contributed by atoms with E-state index in [0.29, 0.717) is 6.42 Å². The van der Waals surface area contributed by atoms with Gasteiger partial charge in [0.2, 0.25) is 11.8 Å². The number of nitrogens with one attached hydrogen (secondary N) is 2. The topological polar surface area (TPSA) is 58.2 Å². The van der Waals surface area contributed by atoms with Crippen molar-refractivity contribution in [1.82, 2.24) is 10.6 Å². The van der Waals surface area contributed by atoms with Crippen molar-refractivity contribution in [2.24, 2.45) is 5.92 Å². The standard InChI is InChI=1S/C21H21F3N2O2/c1-25-19(27)12-18(14-5-3-2-4-6-14)26-20(28)17-11-16(17)13-7-9-15(10-8-13)21(22,23)24/h2-10,16-18H,11-12H2,1H3,(H,25,27)(H,26,28). The van der Waals surface area contributed by atoms with E-state index in [2.05, 4.69) is 10.6 Å². The SMILES string of the molecule is CNC(=O)CC(NC(=O)C1CC1c1ccc(C(F)(F)F)cc1)c1ccccc1. The number of hydrogen-bond acceptors (Lipinski definition) is 2. The third-order valence-electron chi connectivity index (χ3n) is 4.98. The van der Waals surface area contributed by atoms with Crippen molar-refractivity contribution in [2.75, 3.05) is 7.05 Å². The van der Waals surface area contributed by atoms with E-state index in [0.717, 1.165) is 23.3 Å². The molecule has 0 heterocycles. The van der Waals surface area contributed by atoms with Crippen molar-refractivity contribution in [3.05, 3.63) is 71.3 Å². The molecule has 2 N–H and O–H groups in total. The fourth-order valence-corrected chi connectivity index (χ4v) is 3.28. The first-order valence-electron chi connectivity index (χ1n) is 9.02. The Hall–Kier alpha value is -2.83. The van der Waals surface area contributed by atoms with E-state index in [1.54, 1.807) is 0 Å². The van der Waals surface area contributed by atoms with Gasteiger partial charge in [-0.2, -0.15) is 13.2 Å². The predicted octanol–water partition coefficient (Wildman–Crippen LogP) is 3.80. The minimum atomic E-state index is -4.37. The van der Waals surface area contributed by atoms with Gasteiger partial charge in [0, 0.05) is 13.0 Å². The largest absolute Gasteiger partial charge is 0.416 e. The molecular formula is C21H21F3N2O2. The van der Waals surface area contributed by atoms with E-state index < -0.39 is 17.8 Å². The third kappa shape index (κ3) is 4.71. The van der Waals surface area contributed by atoms with Gasteiger partial charge in [-0.1, -0.05) is 42.5 Å². The van der Waals surface area contributed by atoms with Gasteiger partial charge < -0.3 is 10.6 Å². The molecule has 148 valence electrons. The number of rotatable bonds is 6. The molecule has 1 saturated carbocycles. The highest BCUT2D eigenvalue weighted by molar-refractivity contribution is 5.84. The summed E-state index contributed by atoms with van der Waals surface area (Å²) in [7, 11) is 1.54. The second kappa shape index (κ2) is 8.04. The molecule has 4 nitrogen and oxygen atoms in total. The van der Waals surface area contributed by atoms with Crippen LogP contribution in [0, 0.1) is 5.92 Å². The highest BCUT2D eigenvalue weighted by atomic mass is 19.4. The molecule has 1 aliphatic rings. The maximum Gasteiger partial charge on any atom is 0.416 e. The average molecular weight is 390 g/mol. The zero-order valence-electron chi connectivity index (χ0n) is 15.3. The summed E-state index contributed by atoms with van der Waals surface area (Å²) in [6.45, 7) is 0. The van der Waals surface area contributed by atoms with Gasteiger partial charge in [0.1, 0.15) is 0 Å². The van der Waals surface area contributed by atoms with Crippen LogP contribution in [0.15, 0.2) is 54.6 Å². The lowest BCUT2D eigenvalue weighted by Gasteiger charge is -2.19. The molecule has 0 aliphatic heterocycles. The number of carbonyl (C=O) groups excluding carboxylic acids is 2. The van der Waals surface area contributed by atoms with Crippen LogP contribution in [-0.4, -0.2) is 18.9 Å². The van der Waals surface area contributed by atoms with Gasteiger partial charge in [-0.15, -0.1) is 0 Å². The molecule has 0 radical (unpaired) electrons. The van der Waals surface area contributed by atoms with Crippen LogP contribution in [-0.2, 0) is 15.8 Å². The molecule has 1 fully saturated rings. The molecule has 0 aromatic heterocycles. The maximum atomic E-state index is 12.7. The van der Waals surface area contributed by atoms with E-state index in [-0.39, 0.29) is 30.1 Å². The third-order valence-corrected chi connectivity index (χ3v) is 4.98. The van der Waals surface area contributed by atoms with Crippen LogP contribution in [0.1, 0.15) is 41.5 Å². The number of hydrogen-bond donors (Lipinski definition) is 2. The molecule has 2 amide bonds. The summed E-state index contributed by atoms with van der Waals surface area (Å²) in [5, 5.41) is 5.47. The highest BCUT2D eigenvalue weighted by Crippen LogP contribution is 2.48. The molecule has 0 bridgehead atoms. The average Bonchev–Trinajstić information content (AvgIpc) is 3.48. The van der Waals surface area contributed by atoms with Crippen molar-refractivity contribution >= 4 is 11.8 Å². The molecule has 2 aromatic rings. The van der Waals surface area contributed by atoms with E-state index in [4.69, 9.17) is 0 Å². The molecular weight excluding hydrogens is 369 g/mol. The zero-order chi connectivity index (χ0) is 20.3. The fraction of sp³-hybridized carbons (Fsp3) is 0.333. The Morgan fingerprint density at radius 2 is 1.71 bits per heavy atom. The van der Waals surface area contributed by atoms with Crippen molar-refractivity contribution < 1.29 is 22.8 Å². The second-order valence-electron chi connectivity index (χ2n) is 6.92. The van der Waals surface area contributed by atoms with E-state index in [1.807, 2.05) is 30.3 Å². The first-order chi connectivity index (χ1) is 13.3. The smallest absolute Gasteiger partial charge is 0.359 e. The molecule has 3 unspecified atom stereocenters. The number of alkyl halides is 3. The van der Waals surface area contributed by atoms with Gasteiger partial charge >= 0.3 is 6.18 Å². The van der Waals surface area contributed by atoms with Crippen LogP contribution in [0.25, 0.3) is 0 Å². The molecule has 3 rings (SSSR count). The second-order valence-corrected chi connectivity index (χ2v) is 6.92. The molecule has 3 atom stereocenters. The van der Waals surface area contributed by atoms with Gasteiger partial charge in [-0.05, 0) is 35.6 Å². The Morgan fingerprint density at radius 1 is 1.07 bits per heavy atom. The number of carbonyl (C=O) groups is 2. The zero-order valence-corrected chi connectivity index (χ0v) is 15.3. The lowest BCUT2D eigenvalue weighted by atomic mass is 10.0. The molecule has 7 heteroatoms. The van der Waals surface area contributed by atoms with Crippen molar-refractivity contribution in [1.29, 1.82) is 0 Å². The predicted molar refractivity (Wildman–Crippen MR) is 98.3 cm³/mol. The summed E-state index contributed by atoms with van der Waals surface area (Å²) in [4.78, 5) is 24.5. The van der Waals surface area contributed by atoms with Gasteiger partial charge in [0.15, 0.2) is 0 Å². The normalized spacial score (nSPS) is 19.6. The highest BCUT2D eigenvalue weighted by Gasteiger charge is 2.44. The van der Waals surface area contributed by atoms with E-state index in [9.17, 15) is 22.8 Å². The summed E-state index contributed by atoms with van der Waals surface area (Å²) in [6, 6.07) is 13.7. The summed E-state index contributed by atoms with van der Waals surface area (Å²) >= 11 is 0. The molecule has 1 aliphatic carbocycles. The Morgan fingerprint density at radius 3 is 2.29 bits per heavy atom. The number of amides is 2. The summed E-state index contributed by atoms with van der Waals surface area (Å²) in [5.74, 6) is -0.779. The first kappa shape index (κ1) is 19.9. The number of benzene rings is 2. The lowest BCUT2D eigenvalue weighted by molar-refractivity contribution is -0.137.